The Labute approximate surface area is 351 Å². The van der Waals surface area contributed by atoms with E-state index in [2.05, 4.69) is 141 Å². The quantitative estimate of drug-likeness (QED) is 0.0429. The first-order valence-corrected chi connectivity index (χ1v) is 22.9. The maximum Gasteiger partial charge on any atom is 0.220 e. The summed E-state index contributed by atoms with van der Waals surface area (Å²) < 4.78 is 0. The molecule has 320 valence electrons. The van der Waals surface area contributed by atoms with Crippen LogP contribution in [-0.4, -0.2) is 34.9 Å². The predicted molar refractivity (Wildman–Crippen MR) is 252 cm³/mol. The van der Waals surface area contributed by atoms with E-state index in [4.69, 9.17) is 0 Å². The molecule has 2 atom stereocenters. The number of aliphatic hydroxyl groups excluding tert-OH is 2. The van der Waals surface area contributed by atoms with Gasteiger partial charge in [0.25, 0.3) is 0 Å². The van der Waals surface area contributed by atoms with Gasteiger partial charge in [0.15, 0.2) is 0 Å². The van der Waals surface area contributed by atoms with E-state index in [-0.39, 0.29) is 12.5 Å². The van der Waals surface area contributed by atoms with E-state index in [1.807, 2.05) is 6.08 Å². The van der Waals surface area contributed by atoms with Gasteiger partial charge in [-0.3, -0.25) is 4.79 Å². The van der Waals surface area contributed by atoms with Gasteiger partial charge in [-0.2, -0.15) is 0 Å². The zero-order valence-corrected chi connectivity index (χ0v) is 36.5. The third-order valence-electron chi connectivity index (χ3n) is 9.35. The van der Waals surface area contributed by atoms with Crippen molar-refractivity contribution in [3.8, 4) is 0 Å². The molecule has 4 heteroatoms. The van der Waals surface area contributed by atoms with Gasteiger partial charge in [0.05, 0.1) is 18.8 Å². The second-order valence-electron chi connectivity index (χ2n) is 14.7. The summed E-state index contributed by atoms with van der Waals surface area (Å²) in [6.45, 7) is 4.10. The molecule has 0 aromatic rings. The van der Waals surface area contributed by atoms with Crippen molar-refractivity contribution < 1.29 is 15.0 Å². The molecule has 0 aliphatic rings. The van der Waals surface area contributed by atoms with E-state index in [9.17, 15) is 15.0 Å². The fourth-order valence-corrected chi connectivity index (χ4v) is 5.86. The van der Waals surface area contributed by atoms with Crippen LogP contribution in [0.3, 0.4) is 0 Å². The summed E-state index contributed by atoms with van der Waals surface area (Å²) in [6.07, 6.45) is 74.2. The molecular weight excluding hydrogens is 699 g/mol. The molecule has 2 unspecified atom stereocenters. The number of hydrogen-bond acceptors (Lipinski definition) is 3. The third-order valence-corrected chi connectivity index (χ3v) is 9.35. The first-order valence-electron chi connectivity index (χ1n) is 22.9. The van der Waals surface area contributed by atoms with Crippen LogP contribution < -0.4 is 5.32 Å². The van der Waals surface area contributed by atoms with Gasteiger partial charge in [0.2, 0.25) is 5.91 Å². The van der Waals surface area contributed by atoms with Crippen molar-refractivity contribution in [3.05, 3.63) is 134 Å². The zero-order valence-electron chi connectivity index (χ0n) is 36.5. The smallest absolute Gasteiger partial charge is 0.220 e. The van der Waals surface area contributed by atoms with Crippen LogP contribution in [-0.2, 0) is 4.79 Å². The number of carbonyl (C=O) groups excluding carboxylic acids is 1. The Morgan fingerprint density at radius 1 is 0.439 bits per heavy atom. The highest BCUT2D eigenvalue weighted by atomic mass is 16.3. The minimum absolute atomic E-state index is 0.0957. The summed E-state index contributed by atoms with van der Waals surface area (Å²) in [4.78, 5) is 12.4. The average Bonchev–Trinajstić information content (AvgIpc) is 3.22. The summed E-state index contributed by atoms with van der Waals surface area (Å²) in [5.74, 6) is -0.0957. The van der Waals surface area contributed by atoms with E-state index >= 15 is 0 Å². The molecule has 0 aliphatic carbocycles. The number of amides is 1. The van der Waals surface area contributed by atoms with E-state index in [0.717, 1.165) is 103 Å². The van der Waals surface area contributed by atoms with E-state index < -0.39 is 12.1 Å². The average molecular weight is 784 g/mol. The van der Waals surface area contributed by atoms with Crippen molar-refractivity contribution >= 4 is 5.91 Å². The first kappa shape index (κ1) is 53.5. The lowest BCUT2D eigenvalue weighted by molar-refractivity contribution is -0.123. The van der Waals surface area contributed by atoms with Crippen molar-refractivity contribution in [2.24, 2.45) is 0 Å². The standard InChI is InChI=1S/C53H85NO3/c1-3-5-7-9-11-13-15-17-18-19-20-21-22-23-24-25-26-27-28-29-30-31-32-33-34-35-36-37-39-41-43-45-47-49-53(57)54-51(50-55)52(56)48-46-44-42-40-38-16-14-12-10-8-6-4-2/h5,7,10-13,17-18,20-21,23-24,26-27,29-30,32-33,38,40,46,48,51-52,55-56H,3-4,6,8-9,14-16,19,22,25,28,31,34-37,39,41-45,47,49-50H2,1-2H3,(H,54,57)/b7-5-,12-10+,13-11-,18-17-,21-20-,24-23-,27-26-,30-29-,33-32-,40-38+,48-46+. The molecule has 0 aliphatic heterocycles. The zero-order chi connectivity index (χ0) is 41.4. The highest BCUT2D eigenvalue weighted by Gasteiger charge is 2.17. The van der Waals surface area contributed by atoms with Crippen LogP contribution in [0.1, 0.15) is 174 Å². The number of unbranched alkanes of at least 4 members (excludes halogenated alkanes) is 12. The summed E-state index contributed by atoms with van der Waals surface area (Å²) in [5, 5.41) is 22.9. The molecule has 4 nitrogen and oxygen atoms in total. The Hall–Kier alpha value is -3.47. The van der Waals surface area contributed by atoms with Crippen LogP contribution in [0, 0.1) is 0 Å². The monoisotopic (exact) mass is 784 g/mol. The number of hydrogen-bond donors (Lipinski definition) is 3. The van der Waals surface area contributed by atoms with E-state index in [1.54, 1.807) is 6.08 Å². The van der Waals surface area contributed by atoms with Crippen molar-refractivity contribution in [1.29, 1.82) is 0 Å². The molecule has 0 fully saturated rings. The summed E-state index contributed by atoms with van der Waals surface area (Å²) in [6, 6.07) is -0.658. The second-order valence-corrected chi connectivity index (χ2v) is 14.7. The molecule has 3 N–H and O–H groups in total. The molecule has 0 heterocycles. The molecule has 0 rings (SSSR count). The van der Waals surface area contributed by atoms with Gasteiger partial charge in [-0.1, -0.05) is 199 Å². The van der Waals surface area contributed by atoms with Crippen molar-refractivity contribution in [1.82, 2.24) is 5.32 Å². The molecule has 0 aromatic carbocycles. The van der Waals surface area contributed by atoms with Gasteiger partial charge in [0.1, 0.15) is 0 Å². The van der Waals surface area contributed by atoms with Gasteiger partial charge in [-0.25, -0.2) is 0 Å². The topological polar surface area (TPSA) is 69.6 Å². The van der Waals surface area contributed by atoms with Gasteiger partial charge < -0.3 is 15.5 Å². The molecule has 1 amide bonds. The predicted octanol–water partition coefficient (Wildman–Crippen LogP) is 14.7. The van der Waals surface area contributed by atoms with Crippen LogP contribution in [0.4, 0.5) is 0 Å². The normalized spacial score (nSPS) is 14.2. The largest absolute Gasteiger partial charge is 0.394 e. The van der Waals surface area contributed by atoms with Crippen LogP contribution in [0.25, 0.3) is 0 Å². The van der Waals surface area contributed by atoms with Crippen molar-refractivity contribution in [2.45, 2.75) is 187 Å². The number of aliphatic hydroxyl groups is 2. The SMILES string of the molecule is CC/C=C\C/C=C\C/C=C\C/C=C\C/C=C\C/C=C\C/C=C\C/C=C\CCCCCCCCCCC(=O)NC(CO)C(O)/C=C/CC/C=C/CC/C=C/CCCC. The van der Waals surface area contributed by atoms with Crippen molar-refractivity contribution in [2.75, 3.05) is 6.61 Å². The lowest BCUT2D eigenvalue weighted by atomic mass is 10.1. The fourth-order valence-electron chi connectivity index (χ4n) is 5.86. The molecule has 0 saturated carbocycles. The Balaban J connectivity index is 3.68. The molecule has 0 spiro atoms. The first-order chi connectivity index (χ1) is 28.2. The van der Waals surface area contributed by atoms with Gasteiger partial charge >= 0.3 is 0 Å². The lowest BCUT2D eigenvalue weighted by Crippen LogP contribution is -2.45. The summed E-state index contributed by atoms with van der Waals surface area (Å²) >= 11 is 0. The molecule has 0 radical (unpaired) electrons. The lowest BCUT2D eigenvalue weighted by Gasteiger charge is -2.19. The maximum absolute atomic E-state index is 12.4. The Morgan fingerprint density at radius 2 is 0.789 bits per heavy atom. The van der Waals surface area contributed by atoms with Crippen LogP contribution in [0.5, 0.6) is 0 Å². The molecule has 0 aromatic heterocycles. The molecule has 0 bridgehead atoms. The highest BCUT2D eigenvalue weighted by Crippen LogP contribution is 2.12. The Kier molecular flexibility index (Phi) is 44.1. The number of allylic oxidation sites excluding steroid dienone is 21. The fraction of sp³-hybridized carbons (Fsp3) is 0.566. The number of carbonyl (C=O) groups is 1. The minimum Gasteiger partial charge on any atom is -0.394 e. The third kappa shape index (κ3) is 43.5. The minimum atomic E-state index is -0.881. The highest BCUT2D eigenvalue weighted by molar-refractivity contribution is 5.76. The van der Waals surface area contributed by atoms with E-state index in [1.165, 1.54) is 51.4 Å². The van der Waals surface area contributed by atoms with Crippen LogP contribution in [0.15, 0.2) is 134 Å². The number of nitrogens with one attached hydrogen (secondary N) is 1. The molecule has 57 heavy (non-hydrogen) atoms. The van der Waals surface area contributed by atoms with Crippen LogP contribution in [0.2, 0.25) is 0 Å². The van der Waals surface area contributed by atoms with Gasteiger partial charge in [-0.15, -0.1) is 0 Å². The molecule has 0 saturated heterocycles. The maximum atomic E-state index is 12.4. The van der Waals surface area contributed by atoms with Gasteiger partial charge in [-0.05, 0) is 103 Å². The van der Waals surface area contributed by atoms with Crippen LogP contribution >= 0.6 is 0 Å². The van der Waals surface area contributed by atoms with E-state index in [0.29, 0.717) is 6.42 Å². The summed E-state index contributed by atoms with van der Waals surface area (Å²) in [7, 11) is 0. The summed E-state index contributed by atoms with van der Waals surface area (Å²) in [5.41, 5.74) is 0. The second kappa shape index (κ2) is 46.9. The number of rotatable bonds is 39. The molecular formula is C53H85NO3. The van der Waals surface area contributed by atoms with Crippen molar-refractivity contribution in [3.63, 3.8) is 0 Å². The Morgan fingerprint density at radius 3 is 1.23 bits per heavy atom. The Bertz CT molecular complexity index is 1210. The van der Waals surface area contributed by atoms with Gasteiger partial charge in [0, 0.05) is 6.42 Å².